The normalized spacial score (nSPS) is 20.3. The van der Waals surface area contributed by atoms with Crippen molar-refractivity contribution in [2.75, 3.05) is 25.6 Å². The van der Waals surface area contributed by atoms with Crippen molar-refractivity contribution in [3.05, 3.63) is 71.4 Å². The lowest BCUT2D eigenvalue weighted by atomic mass is 10.0. The lowest BCUT2D eigenvalue weighted by Crippen LogP contribution is -2.36. The molecule has 1 aliphatic rings. The minimum atomic E-state index is -5.44. The van der Waals surface area contributed by atoms with Gasteiger partial charge in [-0.25, -0.2) is 13.9 Å². The van der Waals surface area contributed by atoms with Crippen molar-refractivity contribution in [1.82, 2.24) is 9.55 Å². The zero-order valence-electron chi connectivity index (χ0n) is 40.9. The van der Waals surface area contributed by atoms with Gasteiger partial charge in [0.1, 0.15) is 30.7 Å². The Labute approximate surface area is 408 Å². The Morgan fingerprint density at radius 2 is 1.35 bits per heavy atom. The summed E-state index contributed by atoms with van der Waals surface area (Å²) in [4.78, 5) is 61.8. The molecule has 2 rings (SSSR count). The maximum atomic E-state index is 12.8. The first-order valence-electron chi connectivity index (χ1n) is 24.6. The standard InChI is InChI=1S/C48H81N3O16P2/c1-4-28-39(52)30-25-21-17-13-8-6-5-7-9-15-19-23-27-32-44(54)65-40(35-62-43(53)31-26-22-18-14-11-10-12-16-20-24-29-38(2)3)36-63-68(58,59)67-69(60,61)64-37-41-45(55)46(56)47(66-41)51-34-33-42(49)50-48(51)57/h5,7-8,13,15,19,21,25,33-34,38-41,45-47,52,55-56H,4,6,9-12,14,16-18,20,22-24,26-32,35-37H2,1-3H3,(H,58,59)(H,60,61)(H2,49,50,57)/b7-5-,13-8-,19-15-,25-21-/t39?,40-,41-,45-,46-,47-/m1/s1. The highest BCUT2D eigenvalue weighted by Gasteiger charge is 2.46. The SMILES string of the molecule is CCCC(O)C/C=C\C/C=C\C/C=C\C/C=C\CCCC(=O)O[C@H](COC(=O)CCCCCCCCCCCCC(C)C)COP(=O)(O)OP(=O)(O)OC[C@H]1O[C@@H](n2ccc(N)nc2=O)[C@H](O)[C@@H]1O. The second kappa shape index (κ2) is 35.7. The number of allylic oxidation sites excluding steroid dienone is 7. The van der Waals surface area contributed by atoms with Crippen molar-refractivity contribution in [2.24, 2.45) is 5.92 Å². The summed E-state index contributed by atoms with van der Waals surface area (Å²) in [5.41, 5.74) is 4.57. The highest BCUT2D eigenvalue weighted by molar-refractivity contribution is 7.61. The van der Waals surface area contributed by atoms with Crippen LogP contribution in [-0.2, 0) is 46.3 Å². The molecule has 0 saturated carbocycles. The highest BCUT2D eigenvalue weighted by Crippen LogP contribution is 2.60. The number of anilines is 1. The van der Waals surface area contributed by atoms with Gasteiger partial charge in [0.15, 0.2) is 12.3 Å². The average Bonchev–Trinajstić information content (AvgIpc) is 3.56. The number of nitrogens with zero attached hydrogens (tertiary/aromatic N) is 2. The number of hydrogen-bond donors (Lipinski definition) is 6. The molecule has 1 fully saturated rings. The number of phosphoric acid groups is 2. The fourth-order valence-electron chi connectivity index (χ4n) is 7.09. The van der Waals surface area contributed by atoms with E-state index in [1.807, 2.05) is 43.4 Å². The Hall–Kier alpha value is -3.32. The molecule has 3 unspecified atom stereocenters. The third-order valence-electron chi connectivity index (χ3n) is 10.9. The summed E-state index contributed by atoms with van der Waals surface area (Å²) in [6, 6.07) is 1.24. The quantitative estimate of drug-likeness (QED) is 0.0156. The molecule has 21 heteroatoms. The number of phosphoric ester groups is 2. The number of nitrogen functional groups attached to an aromatic ring is 1. The van der Waals surface area contributed by atoms with Crippen LogP contribution in [0.25, 0.3) is 0 Å². The van der Waals surface area contributed by atoms with Gasteiger partial charge in [-0.15, -0.1) is 0 Å². The maximum Gasteiger partial charge on any atom is 0.481 e. The zero-order chi connectivity index (χ0) is 50.9. The molecule has 394 valence electrons. The van der Waals surface area contributed by atoms with E-state index in [9.17, 15) is 48.6 Å². The molecule has 19 nitrogen and oxygen atoms in total. The molecule has 0 radical (unpaired) electrons. The van der Waals surface area contributed by atoms with Crippen molar-refractivity contribution in [2.45, 2.75) is 192 Å². The molecule has 0 amide bonds. The van der Waals surface area contributed by atoms with E-state index in [4.69, 9.17) is 29.0 Å². The average molecular weight is 1020 g/mol. The highest BCUT2D eigenvalue weighted by atomic mass is 31.3. The van der Waals surface area contributed by atoms with Crippen molar-refractivity contribution in [3.63, 3.8) is 0 Å². The Balaban J connectivity index is 1.84. The van der Waals surface area contributed by atoms with Gasteiger partial charge in [-0.05, 0) is 63.4 Å². The van der Waals surface area contributed by atoms with Crippen LogP contribution < -0.4 is 11.4 Å². The minimum Gasteiger partial charge on any atom is -0.462 e. The largest absolute Gasteiger partial charge is 0.481 e. The fraction of sp³-hybridized carbons (Fsp3) is 0.708. The van der Waals surface area contributed by atoms with Crippen LogP contribution in [0, 0.1) is 5.92 Å². The summed E-state index contributed by atoms with van der Waals surface area (Å²) >= 11 is 0. The van der Waals surface area contributed by atoms with E-state index in [-0.39, 0.29) is 24.8 Å². The number of rotatable bonds is 39. The van der Waals surface area contributed by atoms with Gasteiger partial charge < -0.3 is 45.1 Å². The van der Waals surface area contributed by atoms with E-state index in [0.717, 1.165) is 68.0 Å². The first-order valence-corrected chi connectivity index (χ1v) is 27.6. The Kier molecular flexibility index (Phi) is 32.0. The van der Waals surface area contributed by atoms with Gasteiger partial charge in [-0.1, -0.05) is 140 Å². The number of carbonyl (C=O) groups is 2. The summed E-state index contributed by atoms with van der Waals surface area (Å²) in [6.45, 7) is 4.17. The summed E-state index contributed by atoms with van der Waals surface area (Å²) in [6.07, 6.45) is 27.1. The number of aromatic nitrogens is 2. The lowest BCUT2D eigenvalue weighted by Gasteiger charge is -2.21. The number of nitrogens with two attached hydrogens (primary N) is 1. The van der Waals surface area contributed by atoms with Gasteiger partial charge in [-0.2, -0.15) is 9.29 Å². The topological polar surface area (TPSA) is 286 Å². The van der Waals surface area contributed by atoms with E-state index >= 15 is 0 Å². The molecule has 8 atom stereocenters. The van der Waals surface area contributed by atoms with Crippen LogP contribution in [0.3, 0.4) is 0 Å². The summed E-state index contributed by atoms with van der Waals surface area (Å²) < 4.78 is 56.6. The van der Waals surface area contributed by atoms with Crippen LogP contribution in [0.4, 0.5) is 5.82 Å². The van der Waals surface area contributed by atoms with Crippen LogP contribution >= 0.6 is 15.6 Å². The van der Waals surface area contributed by atoms with Crippen LogP contribution in [-0.4, -0.2) is 96.9 Å². The molecule has 69 heavy (non-hydrogen) atoms. The van der Waals surface area contributed by atoms with Crippen LogP contribution in [0.1, 0.15) is 162 Å². The first kappa shape index (κ1) is 61.8. The number of esters is 2. The van der Waals surface area contributed by atoms with Crippen molar-refractivity contribution < 1.29 is 71.4 Å². The van der Waals surface area contributed by atoms with Crippen molar-refractivity contribution in [1.29, 1.82) is 0 Å². The second-order valence-corrected chi connectivity index (χ2v) is 20.7. The number of unbranched alkanes of at least 4 members (excludes halogenated alkanes) is 10. The summed E-state index contributed by atoms with van der Waals surface area (Å²) in [7, 11) is -10.9. The molecule has 0 aromatic carbocycles. The van der Waals surface area contributed by atoms with E-state index < -0.39 is 83.7 Å². The number of carbonyl (C=O) groups excluding carboxylic acids is 2. The molecule has 1 saturated heterocycles. The fourth-order valence-corrected chi connectivity index (χ4v) is 9.20. The summed E-state index contributed by atoms with van der Waals surface area (Å²) in [5, 5.41) is 30.6. The third kappa shape index (κ3) is 29.6. The predicted molar refractivity (Wildman–Crippen MR) is 262 cm³/mol. The molecule has 1 aromatic rings. The maximum absolute atomic E-state index is 12.8. The van der Waals surface area contributed by atoms with Crippen LogP contribution in [0.15, 0.2) is 65.7 Å². The van der Waals surface area contributed by atoms with Gasteiger partial charge in [0.2, 0.25) is 0 Å². The molecule has 2 heterocycles. The Morgan fingerprint density at radius 1 is 0.783 bits per heavy atom. The van der Waals surface area contributed by atoms with Crippen LogP contribution in [0.5, 0.6) is 0 Å². The van der Waals surface area contributed by atoms with E-state index in [1.54, 1.807) is 0 Å². The van der Waals surface area contributed by atoms with E-state index in [1.165, 1.54) is 44.6 Å². The molecular weight excluding hydrogens is 936 g/mol. The van der Waals surface area contributed by atoms with Gasteiger partial charge in [-0.3, -0.25) is 23.2 Å². The number of ether oxygens (including phenoxy) is 3. The number of aliphatic hydroxyl groups excluding tert-OH is 3. The molecule has 1 aromatic heterocycles. The van der Waals surface area contributed by atoms with Crippen molar-refractivity contribution >= 4 is 33.4 Å². The predicted octanol–water partition coefficient (Wildman–Crippen LogP) is 8.60. The second-order valence-electron chi connectivity index (χ2n) is 17.6. The van der Waals surface area contributed by atoms with E-state index in [0.29, 0.717) is 32.1 Å². The molecule has 0 spiro atoms. The Bertz CT molecular complexity index is 1870. The third-order valence-corrected chi connectivity index (χ3v) is 13.5. The molecule has 1 aliphatic heterocycles. The van der Waals surface area contributed by atoms with Gasteiger partial charge in [0.05, 0.1) is 19.3 Å². The minimum absolute atomic E-state index is 0.0410. The van der Waals surface area contributed by atoms with Crippen molar-refractivity contribution in [3.8, 4) is 0 Å². The summed E-state index contributed by atoms with van der Waals surface area (Å²) in [5.74, 6) is -0.641. The van der Waals surface area contributed by atoms with Crippen LogP contribution in [0.2, 0.25) is 0 Å². The smallest absolute Gasteiger partial charge is 0.462 e. The van der Waals surface area contributed by atoms with Gasteiger partial charge in [0, 0.05) is 19.0 Å². The number of hydrogen-bond acceptors (Lipinski definition) is 16. The lowest BCUT2D eigenvalue weighted by molar-refractivity contribution is -0.161. The first-order chi connectivity index (χ1) is 32.9. The Morgan fingerprint density at radius 3 is 1.96 bits per heavy atom. The molecular formula is C48H81N3O16P2. The number of aliphatic hydroxyl groups is 3. The molecule has 0 bridgehead atoms. The van der Waals surface area contributed by atoms with Gasteiger partial charge in [0.25, 0.3) is 0 Å². The monoisotopic (exact) mass is 1020 g/mol. The van der Waals surface area contributed by atoms with E-state index in [2.05, 4.69) is 35.3 Å². The molecule has 7 N–H and O–H groups in total. The zero-order valence-corrected chi connectivity index (χ0v) is 42.7. The van der Waals surface area contributed by atoms with Gasteiger partial charge >= 0.3 is 33.3 Å². The molecule has 0 aliphatic carbocycles.